The highest BCUT2D eigenvalue weighted by molar-refractivity contribution is 5.82. The molecule has 1 aromatic carbocycles. The van der Waals surface area contributed by atoms with Gasteiger partial charge in [-0.15, -0.1) is 0 Å². The molecule has 0 aliphatic rings. The zero-order chi connectivity index (χ0) is 15.9. The summed E-state index contributed by atoms with van der Waals surface area (Å²) < 4.78 is 0. The molecule has 0 aromatic heterocycles. The Hall–Kier alpha value is -2.35. The van der Waals surface area contributed by atoms with Gasteiger partial charge in [-0.3, -0.25) is 9.59 Å². The number of carbonyl (C=O) groups excluding carboxylic acids is 2. The van der Waals surface area contributed by atoms with E-state index >= 15 is 0 Å². The van der Waals surface area contributed by atoms with Crippen LogP contribution >= 0.6 is 0 Å². The Kier molecular flexibility index (Phi) is 5.92. The summed E-state index contributed by atoms with van der Waals surface area (Å²) in [5.41, 5.74) is 0.995. The van der Waals surface area contributed by atoms with Crippen LogP contribution in [0.2, 0.25) is 0 Å². The van der Waals surface area contributed by atoms with E-state index in [-0.39, 0.29) is 18.2 Å². The van der Waals surface area contributed by atoms with Gasteiger partial charge in [-0.2, -0.15) is 5.26 Å². The van der Waals surface area contributed by atoms with Gasteiger partial charge in [0.05, 0.1) is 11.6 Å². The van der Waals surface area contributed by atoms with Gasteiger partial charge in [0.2, 0.25) is 11.8 Å². The molecule has 1 aromatic rings. The number of hydrogen-bond acceptors (Lipinski definition) is 3. The van der Waals surface area contributed by atoms with Gasteiger partial charge < -0.3 is 10.6 Å². The second-order valence-electron chi connectivity index (χ2n) is 5.84. The molecule has 0 heterocycles. The molecule has 0 radical (unpaired) electrons. The Labute approximate surface area is 125 Å². The normalized spacial score (nSPS) is 10.6. The van der Waals surface area contributed by atoms with Gasteiger partial charge in [0.25, 0.3) is 0 Å². The summed E-state index contributed by atoms with van der Waals surface area (Å²) in [5.74, 6) is -0.205. The van der Waals surface area contributed by atoms with Crippen LogP contribution in [0.15, 0.2) is 24.3 Å². The van der Waals surface area contributed by atoms with E-state index in [1.807, 2.05) is 26.8 Å². The van der Waals surface area contributed by atoms with Crippen molar-refractivity contribution in [3.05, 3.63) is 35.4 Å². The molecular weight excluding hydrogens is 266 g/mol. The molecule has 2 amide bonds. The second-order valence-corrected chi connectivity index (χ2v) is 5.84. The smallest absolute Gasteiger partial charge is 0.225 e. The summed E-state index contributed by atoms with van der Waals surface area (Å²) >= 11 is 0. The number of carbonyl (C=O) groups is 2. The third-order valence-electron chi connectivity index (χ3n) is 2.86. The minimum Gasteiger partial charge on any atom is -0.355 e. The van der Waals surface area contributed by atoms with Crippen molar-refractivity contribution in [3.8, 4) is 6.07 Å². The van der Waals surface area contributed by atoms with Crippen LogP contribution in [0, 0.1) is 16.7 Å². The number of amides is 2. The maximum atomic E-state index is 11.7. The van der Waals surface area contributed by atoms with Crippen molar-refractivity contribution in [2.75, 3.05) is 6.54 Å². The molecule has 2 N–H and O–H groups in total. The number of benzene rings is 1. The molecule has 0 aliphatic carbocycles. The minimum atomic E-state index is -0.450. The Balaban J connectivity index is 2.32. The number of hydrogen-bond donors (Lipinski definition) is 2. The van der Waals surface area contributed by atoms with Gasteiger partial charge in [-0.05, 0) is 17.7 Å². The van der Waals surface area contributed by atoms with Crippen molar-refractivity contribution < 1.29 is 9.59 Å². The van der Waals surface area contributed by atoms with E-state index in [1.54, 1.807) is 18.2 Å². The third-order valence-corrected chi connectivity index (χ3v) is 2.86. The molecule has 21 heavy (non-hydrogen) atoms. The van der Waals surface area contributed by atoms with Crippen molar-refractivity contribution in [2.24, 2.45) is 5.41 Å². The van der Waals surface area contributed by atoms with Gasteiger partial charge in [0, 0.05) is 24.9 Å². The van der Waals surface area contributed by atoms with Crippen LogP contribution in [0.4, 0.5) is 0 Å². The van der Waals surface area contributed by atoms with E-state index in [2.05, 4.69) is 16.7 Å². The Bertz CT molecular complexity index is 553. The van der Waals surface area contributed by atoms with Crippen LogP contribution < -0.4 is 10.6 Å². The van der Waals surface area contributed by atoms with Gasteiger partial charge in [0.1, 0.15) is 0 Å². The molecule has 0 atom stereocenters. The molecule has 5 heteroatoms. The van der Waals surface area contributed by atoms with Crippen LogP contribution in [-0.4, -0.2) is 18.4 Å². The average Bonchev–Trinajstić information content (AvgIpc) is 2.44. The SMILES string of the molecule is CC(C)(C)C(=O)NCCC(=O)NCc1cccc(C#N)c1. The van der Waals surface area contributed by atoms with E-state index in [9.17, 15) is 9.59 Å². The fraction of sp³-hybridized carbons (Fsp3) is 0.438. The zero-order valence-corrected chi connectivity index (χ0v) is 12.7. The van der Waals surface area contributed by atoms with Crippen molar-refractivity contribution >= 4 is 11.8 Å². The number of nitrogens with one attached hydrogen (secondary N) is 2. The Morgan fingerprint density at radius 1 is 1.24 bits per heavy atom. The Morgan fingerprint density at radius 2 is 1.95 bits per heavy atom. The molecule has 0 unspecified atom stereocenters. The van der Waals surface area contributed by atoms with Gasteiger partial charge in [-0.25, -0.2) is 0 Å². The first-order chi connectivity index (χ1) is 9.82. The lowest BCUT2D eigenvalue weighted by molar-refractivity contribution is -0.128. The highest BCUT2D eigenvalue weighted by atomic mass is 16.2. The molecule has 0 aliphatic heterocycles. The lowest BCUT2D eigenvalue weighted by atomic mass is 9.96. The average molecular weight is 287 g/mol. The van der Waals surface area contributed by atoms with Gasteiger partial charge >= 0.3 is 0 Å². The lowest BCUT2D eigenvalue weighted by Crippen LogP contribution is -2.37. The quantitative estimate of drug-likeness (QED) is 0.865. The summed E-state index contributed by atoms with van der Waals surface area (Å²) in [7, 11) is 0. The predicted molar refractivity (Wildman–Crippen MR) is 80.1 cm³/mol. The number of rotatable bonds is 5. The first-order valence-corrected chi connectivity index (χ1v) is 6.87. The standard InChI is InChI=1S/C16H21N3O2/c1-16(2,3)15(21)18-8-7-14(20)19-11-13-6-4-5-12(9-13)10-17/h4-6,9H,7-8,11H2,1-3H3,(H,18,21)(H,19,20). The molecule has 0 spiro atoms. The fourth-order valence-corrected chi connectivity index (χ4v) is 1.59. The van der Waals surface area contributed by atoms with E-state index in [4.69, 9.17) is 5.26 Å². The summed E-state index contributed by atoms with van der Waals surface area (Å²) in [5, 5.41) is 14.3. The highest BCUT2D eigenvalue weighted by Crippen LogP contribution is 2.12. The predicted octanol–water partition coefficient (Wildman–Crippen LogP) is 1.73. The highest BCUT2D eigenvalue weighted by Gasteiger charge is 2.20. The van der Waals surface area contributed by atoms with Crippen molar-refractivity contribution in [3.63, 3.8) is 0 Å². The maximum Gasteiger partial charge on any atom is 0.225 e. The van der Waals surface area contributed by atoms with E-state index in [0.717, 1.165) is 5.56 Å². The molecule has 0 saturated carbocycles. The molecule has 0 saturated heterocycles. The largest absolute Gasteiger partial charge is 0.355 e. The van der Waals surface area contributed by atoms with Crippen molar-refractivity contribution in [2.45, 2.75) is 33.7 Å². The Morgan fingerprint density at radius 3 is 2.57 bits per heavy atom. The first-order valence-electron chi connectivity index (χ1n) is 6.87. The molecule has 1 rings (SSSR count). The van der Waals surface area contributed by atoms with Crippen LogP contribution in [0.3, 0.4) is 0 Å². The van der Waals surface area contributed by atoms with E-state index < -0.39 is 5.41 Å². The van der Waals surface area contributed by atoms with Gasteiger partial charge in [0.15, 0.2) is 0 Å². The van der Waals surface area contributed by atoms with Gasteiger partial charge in [-0.1, -0.05) is 32.9 Å². The minimum absolute atomic E-state index is 0.0722. The summed E-state index contributed by atoms with van der Waals surface area (Å²) in [6.07, 6.45) is 0.236. The summed E-state index contributed by atoms with van der Waals surface area (Å²) in [6.45, 7) is 6.17. The van der Waals surface area contributed by atoms with Crippen LogP contribution in [0.5, 0.6) is 0 Å². The van der Waals surface area contributed by atoms with Crippen LogP contribution in [0.1, 0.15) is 38.3 Å². The maximum absolute atomic E-state index is 11.7. The van der Waals surface area contributed by atoms with Crippen LogP contribution in [0.25, 0.3) is 0 Å². The molecule has 112 valence electrons. The molecule has 5 nitrogen and oxygen atoms in total. The lowest BCUT2D eigenvalue weighted by Gasteiger charge is -2.17. The number of nitrogens with zero attached hydrogens (tertiary/aromatic N) is 1. The van der Waals surface area contributed by atoms with Crippen molar-refractivity contribution in [1.82, 2.24) is 10.6 Å². The monoisotopic (exact) mass is 287 g/mol. The summed E-state index contributed by atoms with van der Waals surface area (Å²) in [4.78, 5) is 23.3. The third kappa shape index (κ3) is 6.09. The topological polar surface area (TPSA) is 82.0 Å². The van der Waals surface area contributed by atoms with Crippen molar-refractivity contribution in [1.29, 1.82) is 5.26 Å². The molecule has 0 fully saturated rings. The van der Waals surface area contributed by atoms with E-state index in [0.29, 0.717) is 18.7 Å². The van der Waals surface area contributed by atoms with Crippen LogP contribution in [-0.2, 0) is 16.1 Å². The molecule has 0 bridgehead atoms. The second kappa shape index (κ2) is 7.44. The summed E-state index contributed by atoms with van der Waals surface area (Å²) in [6, 6.07) is 9.14. The fourth-order valence-electron chi connectivity index (χ4n) is 1.59. The first kappa shape index (κ1) is 16.7. The molecular formula is C16H21N3O2. The number of nitriles is 1. The zero-order valence-electron chi connectivity index (χ0n) is 12.7. The van der Waals surface area contributed by atoms with E-state index in [1.165, 1.54) is 0 Å².